The molecule has 0 saturated carbocycles. The average molecular weight is 401 g/mol. The molecule has 0 N–H and O–H groups in total. The minimum atomic E-state index is 0.115. The standard InChI is InChI=1S/C22H23N7O/c1-17-24-20(26-8-4-5-9-26)14-21(25-17)27-10-12-28(13-11-27)22(30)15-29-16-23-18-6-2-3-7-19(18)29/h2-9,14,16H,10-13,15H2,1H3. The molecule has 30 heavy (non-hydrogen) atoms. The summed E-state index contributed by atoms with van der Waals surface area (Å²) in [6.45, 7) is 5.06. The number of benzene rings is 1. The molecule has 1 fully saturated rings. The van der Waals surface area contributed by atoms with Crippen LogP contribution in [-0.2, 0) is 11.3 Å². The van der Waals surface area contributed by atoms with E-state index in [0.717, 1.165) is 41.6 Å². The number of amides is 1. The average Bonchev–Trinajstić information content (AvgIpc) is 3.44. The zero-order valence-corrected chi connectivity index (χ0v) is 16.8. The molecule has 1 saturated heterocycles. The van der Waals surface area contributed by atoms with Crippen molar-refractivity contribution in [3.63, 3.8) is 0 Å². The predicted molar refractivity (Wildman–Crippen MR) is 115 cm³/mol. The maximum absolute atomic E-state index is 12.8. The van der Waals surface area contributed by atoms with E-state index in [1.165, 1.54) is 0 Å². The molecule has 1 amide bonds. The number of nitrogens with zero attached hydrogens (tertiary/aromatic N) is 7. The Balaban J connectivity index is 1.26. The van der Waals surface area contributed by atoms with E-state index in [-0.39, 0.29) is 5.91 Å². The molecule has 1 aliphatic heterocycles. The van der Waals surface area contributed by atoms with Gasteiger partial charge in [0.15, 0.2) is 0 Å². The van der Waals surface area contributed by atoms with Crippen molar-refractivity contribution in [3.8, 4) is 5.82 Å². The molecule has 4 heterocycles. The smallest absolute Gasteiger partial charge is 0.242 e. The number of aromatic nitrogens is 5. The van der Waals surface area contributed by atoms with E-state index >= 15 is 0 Å². The third-order valence-electron chi connectivity index (χ3n) is 5.47. The summed E-state index contributed by atoms with van der Waals surface area (Å²) in [4.78, 5) is 30.5. The van der Waals surface area contributed by atoms with Crippen molar-refractivity contribution >= 4 is 22.8 Å². The Bertz CT molecular complexity index is 1170. The molecule has 1 aliphatic rings. The topological polar surface area (TPSA) is 72.1 Å². The van der Waals surface area contributed by atoms with Crippen molar-refractivity contribution in [2.75, 3.05) is 31.1 Å². The first-order valence-electron chi connectivity index (χ1n) is 10.1. The zero-order valence-electron chi connectivity index (χ0n) is 16.8. The highest BCUT2D eigenvalue weighted by Crippen LogP contribution is 2.18. The number of carbonyl (C=O) groups excluding carboxylic acids is 1. The summed E-state index contributed by atoms with van der Waals surface area (Å²) in [6, 6.07) is 13.8. The number of piperazine rings is 1. The van der Waals surface area contributed by atoms with Crippen LogP contribution >= 0.6 is 0 Å². The zero-order chi connectivity index (χ0) is 20.5. The Morgan fingerprint density at radius 3 is 2.50 bits per heavy atom. The summed E-state index contributed by atoms with van der Waals surface area (Å²) in [6.07, 6.45) is 5.69. The normalized spacial score (nSPS) is 14.4. The number of hydrogen-bond donors (Lipinski definition) is 0. The van der Waals surface area contributed by atoms with E-state index in [1.54, 1.807) is 6.33 Å². The third-order valence-corrected chi connectivity index (χ3v) is 5.47. The Labute approximate surface area is 174 Å². The van der Waals surface area contributed by atoms with Crippen molar-refractivity contribution in [1.29, 1.82) is 0 Å². The van der Waals surface area contributed by atoms with Crippen LogP contribution in [0.15, 0.2) is 61.2 Å². The van der Waals surface area contributed by atoms with Gasteiger partial charge in [-0.1, -0.05) is 12.1 Å². The van der Waals surface area contributed by atoms with Crippen LogP contribution in [0.3, 0.4) is 0 Å². The van der Waals surface area contributed by atoms with E-state index in [4.69, 9.17) is 0 Å². The molecule has 0 bridgehead atoms. The van der Waals surface area contributed by atoms with E-state index in [1.807, 2.05) is 75.8 Å². The monoisotopic (exact) mass is 401 g/mol. The minimum Gasteiger partial charge on any atom is -0.353 e. The predicted octanol–water partition coefficient (Wildman–Crippen LogP) is 2.27. The third kappa shape index (κ3) is 3.52. The van der Waals surface area contributed by atoms with E-state index < -0.39 is 0 Å². The maximum atomic E-state index is 12.8. The minimum absolute atomic E-state index is 0.115. The number of rotatable bonds is 4. The number of fused-ring (bicyclic) bond motifs is 1. The fourth-order valence-corrected chi connectivity index (χ4v) is 3.89. The van der Waals surface area contributed by atoms with Crippen molar-refractivity contribution in [2.24, 2.45) is 0 Å². The number of hydrogen-bond acceptors (Lipinski definition) is 5. The second-order valence-corrected chi connectivity index (χ2v) is 7.45. The van der Waals surface area contributed by atoms with Crippen molar-refractivity contribution in [2.45, 2.75) is 13.5 Å². The lowest BCUT2D eigenvalue weighted by Crippen LogP contribution is -2.49. The number of imidazole rings is 1. The Kier molecular flexibility index (Phi) is 4.66. The number of para-hydroxylation sites is 2. The lowest BCUT2D eigenvalue weighted by molar-refractivity contribution is -0.132. The first-order valence-corrected chi connectivity index (χ1v) is 10.1. The van der Waals surface area contributed by atoms with Gasteiger partial charge in [0.2, 0.25) is 5.91 Å². The van der Waals surface area contributed by atoms with Crippen LogP contribution in [-0.4, -0.2) is 61.1 Å². The van der Waals surface area contributed by atoms with Crippen molar-refractivity contribution in [1.82, 2.24) is 29.0 Å². The largest absolute Gasteiger partial charge is 0.353 e. The Morgan fingerprint density at radius 2 is 1.70 bits per heavy atom. The molecule has 8 heteroatoms. The highest BCUT2D eigenvalue weighted by Gasteiger charge is 2.23. The molecule has 1 aromatic carbocycles. The van der Waals surface area contributed by atoms with Crippen LogP contribution in [0.5, 0.6) is 0 Å². The van der Waals surface area contributed by atoms with Gasteiger partial charge in [-0.3, -0.25) is 4.79 Å². The summed E-state index contributed by atoms with van der Waals surface area (Å²) >= 11 is 0. The van der Waals surface area contributed by atoms with Gasteiger partial charge in [0.1, 0.15) is 24.0 Å². The van der Waals surface area contributed by atoms with Crippen molar-refractivity contribution in [3.05, 3.63) is 67.0 Å². The Hall–Kier alpha value is -3.68. The highest BCUT2D eigenvalue weighted by atomic mass is 16.2. The number of carbonyl (C=O) groups is 1. The van der Waals surface area contributed by atoms with E-state index in [0.29, 0.717) is 19.6 Å². The van der Waals surface area contributed by atoms with Gasteiger partial charge in [0.25, 0.3) is 0 Å². The fraction of sp³-hybridized carbons (Fsp3) is 0.273. The van der Waals surface area contributed by atoms with E-state index in [9.17, 15) is 4.79 Å². The van der Waals surface area contributed by atoms with Gasteiger partial charge in [-0.25, -0.2) is 15.0 Å². The lowest BCUT2D eigenvalue weighted by atomic mass is 10.3. The number of anilines is 1. The molecule has 8 nitrogen and oxygen atoms in total. The summed E-state index contributed by atoms with van der Waals surface area (Å²) in [7, 11) is 0. The summed E-state index contributed by atoms with van der Waals surface area (Å²) in [5.41, 5.74) is 1.89. The van der Waals surface area contributed by atoms with Crippen LogP contribution in [0, 0.1) is 6.92 Å². The van der Waals surface area contributed by atoms with Gasteiger partial charge in [0, 0.05) is 44.6 Å². The molecule has 0 aliphatic carbocycles. The van der Waals surface area contributed by atoms with Crippen LogP contribution < -0.4 is 4.90 Å². The van der Waals surface area contributed by atoms with Crippen molar-refractivity contribution < 1.29 is 4.79 Å². The molecule has 0 spiro atoms. The summed E-state index contributed by atoms with van der Waals surface area (Å²) in [5.74, 6) is 2.61. The molecular weight excluding hydrogens is 378 g/mol. The van der Waals surface area contributed by atoms with Crippen LogP contribution in [0.1, 0.15) is 5.82 Å². The summed E-state index contributed by atoms with van der Waals surface area (Å²) < 4.78 is 3.90. The van der Waals surface area contributed by atoms with Gasteiger partial charge >= 0.3 is 0 Å². The number of aryl methyl sites for hydroxylation is 1. The molecule has 5 rings (SSSR count). The molecule has 152 valence electrons. The van der Waals surface area contributed by atoms with Crippen LogP contribution in [0.4, 0.5) is 5.82 Å². The second kappa shape index (κ2) is 7.62. The maximum Gasteiger partial charge on any atom is 0.242 e. The molecule has 3 aromatic heterocycles. The van der Waals surface area contributed by atoms with Crippen LogP contribution in [0.2, 0.25) is 0 Å². The molecule has 4 aromatic rings. The quantitative estimate of drug-likeness (QED) is 0.525. The van der Waals surface area contributed by atoms with Gasteiger partial charge in [-0.2, -0.15) is 0 Å². The fourth-order valence-electron chi connectivity index (χ4n) is 3.89. The first-order chi connectivity index (χ1) is 14.7. The first kappa shape index (κ1) is 18.4. The van der Waals surface area contributed by atoms with Gasteiger partial charge in [-0.05, 0) is 31.2 Å². The summed E-state index contributed by atoms with van der Waals surface area (Å²) in [5, 5.41) is 0. The van der Waals surface area contributed by atoms with Crippen LogP contribution in [0.25, 0.3) is 16.9 Å². The SMILES string of the molecule is Cc1nc(N2CCN(C(=O)Cn3cnc4ccccc43)CC2)cc(-n2cccc2)n1. The molecular formula is C22H23N7O. The molecule has 0 unspecified atom stereocenters. The lowest BCUT2D eigenvalue weighted by Gasteiger charge is -2.35. The van der Waals surface area contributed by atoms with Gasteiger partial charge in [-0.15, -0.1) is 0 Å². The highest BCUT2D eigenvalue weighted by molar-refractivity contribution is 5.80. The Morgan fingerprint density at radius 1 is 0.967 bits per heavy atom. The molecule has 0 radical (unpaired) electrons. The van der Waals surface area contributed by atoms with Gasteiger partial charge in [0.05, 0.1) is 17.4 Å². The second-order valence-electron chi connectivity index (χ2n) is 7.45. The molecule has 0 atom stereocenters. The van der Waals surface area contributed by atoms with Gasteiger partial charge < -0.3 is 18.9 Å². The van der Waals surface area contributed by atoms with E-state index in [2.05, 4.69) is 19.9 Å².